The molecule has 1 aromatic carbocycles. The van der Waals surface area contributed by atoms with E-state index in [1.165, 1.54) is 12.1 Å². The highest BCUT2D eigenvalue weighted by atomic mass is 19.1. The van der Waals surface area contributed by atoms with Gasteiger partial charge in [0.2, 0.25) is 0 Å². The zero-order valence-electron chi connectivity index (χ0n) is 10.3. The second-order valence-corrected chi connectivity index (χ2v) is 5.05. The lowest BCUT2D eigenvalue weighted by molar-refractivity contribution is -0.385. The summed E-state index contributed by atoms with van der Waals surface area (Å²) in [5.74, 6) is -0.576. The van der Waals surface area contributed by atoms with Crippen LogP contribution in [0, 0.1) is 21.3 Å². The van der Waals surface area contributed by atoms with Crippen molar-refractivity contribution in [2.24, 2.45) is 5.41 Å². The van der Waals surface area contributed by atoms with Crippen molar-refractivity contribution in [1.82, 2.24) is 0 Å². The van der Waals surface area contributed by atoms with Gasteiger partial charge >= 0.3 is 0 Å². The van der Waals surface area contributed by atoms with Gasteiger partial charge in [0.15, 0.2) is 0 Å². The Labute approximate surface area is 105 Å². The second kappa shape index (κ2) is 4.37. The van der Waals surface area contributed by atoms with E-state index >= 15 is 0 Å². The van der Waals surface area contributed by atoms with Gasteiger partial charge in [-0.2, -0.15) is 0 Å². The van der Waals surface area contributed by atoms with Crippen LogP contribution in [0.4, 0.5) is 10.1 Å². The lowest BCUT2D eigenvalue weighted by atomic mass is 9.83. The standard InChI is InChI=1S/C14H14FNO2/c1-14(2)5-3-4-10(9-14)11-6-12(15)8-13(7-11)16(17)18/h3,5-9H,4H2,1-2H3. The molecule has 0 fully saturated rings. The van der Waals surface area contributed by atoms with Crippen LogP contribution >= 0.6 is 0 Å². The predicted octanol–water partition coefficient (Wildman–Crippen LogP) is 4.10. The van der Waals surface area contributed by atoms with Gasteiger partial charge in [-0.1, -0.05) is 32.1 Å². The fourth-order valence-electron chi connectivity index (χ4n) is 2.11. The third-order valence-electron chi connectivity index (χ3n) is 2.90. The lowest BCUT2D eigenvalue weighted by Crippen LogP contribution is -2.07. The van der Waals surface area contributed by atoms with Crippen molar-refractivity contribution in [3.63, 3.8) is 0 Å². The van der Waals surface area contributed by atoms with Crippen molar-refractivity contribution < 1.29 is 9.31 Å². The van der Waals surface area contributed by atoms with Crippen LogP contribution < -0.4 is 0 Å². The number of non-ortho nitro benzene ring substituents is 1. The minimum atomic E-state index is -0.576. The number of nitro benzene ring substituents is 1. The van der Waals surface area contributed by atoms with E-state index in [2.05, 4.69) is 6.08 Å². The molecule has 0 heterocycles. The Morgan fingerprint density at radius 2 is 2.06 bits per heavy atom. The largest absolute Gasteiger partial charge is 0.272 e. The number of halogens is 1. The first-order valence-electron chi connectivity index (χ1n) is 5.72. The van der Waals surface area contributed by atoms with Crippen LogP contribution in [0.15, 0.2) is 36.4 Å². The van der Waals surface area contributed by atoms with Crippen molar-refractivity contribution in [3.8, 4) is 0 Å². The highest BCUT2D eigenvalue weighted by molar-refractivity contribution is 5.70. The Morgan fingerprint density at radius 1 is 1.33 bits per heavy atom. The number of nitro groups is 1. The quantitative estimate of drug-likeness (QED) is 0.448. The maximum atomic E-state index is 13.4. The van der Waals surface area contributed by atoms with Gasteiger partial charge in [0.25, 0.3) is 5.69 Å². The highest BCUT2D eigenvalue weighted by Crippen LogP contribution is 2.33. The van der Waals surface area contributed by atoms with Crippen LogP contribution in [0.1, 0.15) is 25.8 Å². The van der Waals surface area contributed by atoms with E-state index in [1.54, 1.807) is 0 Å². The van der Waals surface area contributed by atoms with E-state index < -0.39 is 10.7 Å². The van der Waals surface area contributed by atoms with Gasteiger partial charge < -0.3 is 0 Å². The van der Waals surface area contributed by atoms with Crippen molar-refractivity contribution in [2.75, 3.05) is 0 Å². The normalized spacial score (nSPS) is 17.4. The fourth-order valence-corrected chi connectivity index (χ4v) is 2.11. The number of hydrogen-bond donors (Lipinski definition) is 0. The average molecular weight is 247 g/mol. The summed E-state index contributed by atoms with van der Waals surface area (Å²) in [6.07, 6.45) is 6.77. The molecule has 1 aliphatic rings. The van der Waals surface area contributed by atoms with E-state index in [9.17, 15) is 14.5 Å². The van der Waals surface area contributed by atoms with E-state index in [-0.39, 0.29) is 11.1 Å². The molecule has 0 spiro atoms. The summed E-state index contributed by atoms with van der Waals surface area (Å²) in [5, 5.41) is 10.7. The van der Waals surface area contributed by atoms with E-state index in [0.717, 1.165) is 11.6 Å². The average Bonchev–Trinajstić information content (AvgIpc) is 2.26. The lowest BCUT2D eigenvalue weighted by Gasteiger charge is -2.22. The first kappa shape index (κ1) is 12.5. The summed E-state index contributed by atoms with van der Waals surface area (Å²) >= 11 is 0. The zero-order chi connectivity index (χ0) is 13.3. The molecule has 0 amide bonds. The molecule has 0 bridgehead atoms. The zero-order valence-corrected chi connectivity index (χ0v) is 10.3. The first-order valence-corrected chi connectivity index (χ1v) is 5.72. The summed E-state index contributed by atoms with van der Waals surface area (Å²) in [5.41, 5.74) is 1.19. The van der Waals surface area contributed by atoms with E-state index in [0.29, 0.717) is 12.0 Å². The third-order valence-corrected chi connectivity index (χ3v) is 2.90. The topological polar surface area (TPSA) is 43.1 Å². The molecule has 0 saturated carbocycles. The maximum Gasteiger partial charge on any atom is 0.272 e. The smallest absolute Gasteiger partial charge is 0.258 e. The Hall–Kier alpha value is -1.97. The van der Waals surface area contributed by atoms with Gasteiger partial charge in [-0.3, -0.25) is 10.1 Å². The van der Waals surface area contributed by atoms with Gasteiger partial charge in [-0.15, -0.1) is 0 Å². The molecule has 3 nitrogen and oxygen atoms in total. The molecule has 0 N–H and O–H groups in total. The molecule has 0 aromatic heterocycles. The van der Waals surface area contributed by atoms with Crippen molar-refractivity contribution in [3.05, 3.63) is 57.9 Å². The molecule has 0 aliphatic heterocycles. The van der Waals surface area contributed by atoms with Crippen LogP contribution in [-0.4, -0.2) is 4.92 Å². The van der Waals surface area contributed by atoms with Crippen LogP contribution in [0.25, 0.3) is 5.57 Å². The molecule has 0 atom stereocenters. The van der Waals surface area contributed by atoms with Gasteiger partial charge in [0.1, 0.15) is 5.82 Å². The van der Waals surface area contributed by atoms with Gasteiger partial charge in [0, 0.05) is 11.5 Å². The molecule has 18 heavy (non-hydrogen) atoms. The van der Waals surface area contributed by atoms with Crippen molar-refractivity contribution in [2.45, 2.75) is 20.3 Å². The molecule has 1 aliphatic carbocycles. The van der Waals surface area contributed by atoms with E-state index in [4.69, 9.17) is 0 Å². The summed E-state index contributed by atoms with van der Waals surface area (Å²) in [6, 6.07) is 3.70. The van der Waals surface area contributed by atoms with Crippen LogP contribution in [0.2, 0.25) is 0 Å². The molecule has 94 valence electrons. The molecule has 1 aromatic rings. The van der Waals surface area contributed by atoms with Crippen LogP contribution in [-0.2, 0) is 0 Å². The van der Waals surface area contributed by atoms with Crippen LogP contribution in [0.5, 0.6) is 0 Å². The Balaban J connectivity index is 2.46. The maximum absolute atomic E-state index is 13.4. The van der Waals surface area contributed by atoms with E-state index in [1.807, 2.05) is 26.0 Å². The molecule has 0 saturated heterocycles. The molecule has 2 rings (SSSR count). The molecule has 4 heteroatoms. The Bertz CT molecular complexity index is 559. The molecular formula is C14H14FNO2. The Morgan fingerprint density at radius 3 is 2.67 bits per heavy atom. The first-order chi connectivity index (χ1) is 8.37. The number of hydrogen-bond acceptors (Lipinski definition) is 2. The van der Waals surface area contributed by atoms with Crippen LogP contribution in [0.3, 0.4) is 0 Å². The summed E-state index contributed by atoms with van der Waals surface area (Å²) in [6.45, 7) is 4.08. The van der Waals surface area contributed by atoms with Gasteiger partial charge in [0.05, 0.1) is 11.0 Å². The molecular weight excluding hydrogens is 233 g/mol. The second-order valence-electron chi connectivity index (χ2n) is 5.05. The monoisotopic (exact) mass is 247 g/mol. The Kier molecular flexibility index (Phi) is 3.03. The molecule has 0 unspecified atom stereocenters. The summed E-state index contributed by atoms with van der Waals surface area (Å²) in [7, 11) is 0. The number of nitrogens with zero attached hydrogens (tertiary/aromatic N) is 1. The van der Waals surface area contributed by atoms with Gasteiger partial charge in [-0.25, -0.2) is 4.39 Å². The number of allylic oxidation sites excluding steroid dienone is 4. The van der Waals surface area contributed by atoms with Crippen molar-refractivity contribution >= 4 is 11.3 Å². The molecule has 0 radical (unpaired) electrons. The summed E-state index contributed by atoms with van der Waals surface area (Å²) < 4.78 is 13.4. The fraction of sp³-hybridized carbons (Fsp3) is 0.286. The predicted molar refractivity (Wildman–Crippen MR) is 68.6 cm³/mol. The SMILES string of the molecule is CC1(C)C=CCC(c2cc(F)cc([N+](=O)[O-])c2)=C1. The number of benzene rings is 1. The number of rotatable bonds is 2. The highest BCUT2D eigenvalue weighted by Gasteiger charge is 2.18. The van der Waals surface area contributed by atoms with Crippen molar-refractivity contribution in [1.29, 1.82) is 0 Å². The minimum absolute atomic E-state index is 0.102. The van der Waals surface area contributed by atoms with Gasteiger partial charge in [-0.05, 0) is 23.6 Å². The summed E-state index contributed by atoms with van der Waals surface area (Å²) in [4.78, 5) is 10.1. The minimum Gasteiger partial charge on any atom is -0.258 e. The third kappa shape index (κ3) is 2.64.